The van der Waals surface area contributed by atoms with Gasteiger partial charge in [0.25, 0.3) is 0 Å². The summed E-state index contributed by atoms with van der Waals surface area (Å²) in [6.07, 6.45) is 2.21. The monoisotopic (exact) mass is 203 g/mol. The van der Waals surface area contributed by atoms with E-state index in [1.54, 1.807) is 6.29 Å². The third-order valence-electron chi connectivity index (χ3n) is 0.579. The van der Waals surface area contributed by atoms with Gasteiger partial charge in [-0.1, -0.05) is 0 Å². The second-order valence-electron chi connectivity index (χ2n) is 1.35. The molecule has 0 aromatic rings. The van der Waals surface area contributed by atoms with Gasteiger partial charge >= 0.3 is 0 Å². The van der Waals surface area contributed by atoms with Crippen molar-refractivity contribution in [3.8, 4) is 0 Å². The van der Waals surface area contributed by atoms with E-state index < -0.39 is 0 Å². The molecule has 9 heavy (non-hydrogen) atoms. The fourth-order valence-corrected chi connectivity index (χ4v) is 0.227. The summed E-state index contributed by atoms with van der Waals surface area (Å²) in [5, 5.41) is 0. The van der Waals surface area contributed by atoms with Crippen LogP contribution in [0.5, 0.6) is 0 Å². The zero-order chi connectivity index (χ0) is 5.70. The van der Waals surface area contributed by atoms with Gasteiger partial charge in [-0.05, 0) is 13.3 Å². The summed E-state index contributed by atoms with van der Waals surface area (Å²) in [4.78, 5) is 19.5. The molecule has 51 valence electrons. The molecule has 0 spiro atoms. The van der Waals surface area contributed by atoms with Gasteiger partial charge in [-0.15, -0.1) is 6.42 Å². The zero-order valence-corrected chi connectivity index (χ0v) is 8.65. The van der Waals surface area contributed by atoms with Crippen molar-refractivity contribution >= 4 is 12.1 Å². The number of rotatable bonds is 3. The topological polar surface area (TPSA) is 34.1 Å². The van der Waals surface area contributed by atoms with Crippen LogP contribution in [-0.4, -0.2) is 12.1 Å². The Morgan fingerprint density at radius 2 is 2.00 bits per heavy atom. The summed E-state index contributed by atoms with van der Waals surface area (Å²) < 4.78 is 0. The van der Waals surface area contributed by atoms with E-state index >= 15 is 0 Å². The molecule has 1 radical (unpaired) electrons. The second kappa shape index (κ2) is 11.3. The van der Waals surface area contributed by atoms with Crippen LogP contribution in [0.25, 0.3) is 0 Å². The van der Waals surface area contributed by atoms with Crippen LogP contribution in [0.2, 0.25) is 0 Å². The van der Waals surface area contributed by atoms with Crippen LogP contribution in [0.4, 0.5) is 0 Å². The first-order valence-corrected chi connectivity index (χ1v) is 2.12. The predicted octanol–water partition coefficient (Wildman–Crippen LogP) is 0.913. The molecule has 0 fully saturated rings. The van der Waals surface area contributed by atoms with Gasteiger partial charge < -0.3 is 17.0 Å². The first-order chi connectivity index (χ1) is 3.27. The molecule has 2 nitrogen and oxygen atoms in total. The number of ketones is 1. The molecular formula is C6H10O2Y-2. The van der Waals surface area contributed by atoms with Gasteiger partial charge in [-0.25, -0.2) is 0 Å². The van der Waals surface area contributed by atoms with Crippen LogP contribution < -0.4 is 0 Å². The molecule has 0 bridgehead atoms. The Morgan fingerprint density at radius 3 is 2.11 bits per heavy atom. The Morgan fingerprint density at radius 1 is 1.56 bits per heavy atom. The van der Waals surface area contributed by atoms with Gasteiger partial charge in [0.2, 0.25) is 0 Å². The maximum absolute atomic E-state index is 10.0. The molecule has 0 heterocycles. The first kappa shape index (κ1) is 16.2. The molecule has 0 rings (SSSR count). The number of carbonyl (C=O) groups excluding carboxylic acids is 2. The third kappa shape index (κ3) is 17.8. The summed E-state index contributed by atoms with van der Waals surface area (Å²) in [5.41, 5.74) is 0. The van der Waals surface area contributed by atoms with E-state index in [1.165, 1.54) is 6.92 Å². The average Bonchev–Trinajstić information content (AvgIpc) is 1.61. The maximum atomic E-state index is 10.0. The molecule has 0 unspecified atom stereocenters. The molecule has 0 aromatic carbocycles. The van der Waals surface area contributed by atoms with E-state index in [9.17, 15) is 9.59 Å². The van der Waals surface area contributed by atoms with Crippen LogP contribution in [0.15, 0.2) is 0 Å². The SMILES string of the molecule is CC(=O)CC[C-]=O.[CH3-].[Y]. The summed E-state index contributed by atoms with van der Waals surface area (Å²) in [6, 6.07) is 0. The molecule has 0 saturated carbocycles. The molecular weight excluding hydrogens is 193 g/mol. The van der Waals surface area contributed by atoms with Crippen molar-refractivity contribution in [1.29, 1.82) is 0 Å². The molecule has 0 aliphatic rings. The normalized spacial score (nSPS) is 6.33. The van der Waals surface area contributed by atoms with E-state index in [0.717, 1.165) is 0 Å². The minimum atomic E-state index is 0. The molecule has 0 N–H and O–H groups in total. The zero-order valence-electron chi connectivity index (χ0n) is 5.81. The number of hydrogen-bond donors (Lipinski definition) is 0. The van der Waals surface area contributed by atoms with Crippen molar-refractivity contribution in [2.45, 2.75) is 19.8 Å². The van der Waals surface area contributed by atoms with E-state index in [0.29, 0.717) is 6.42 Å². The van der Waals surface area contributed by atoms with E-state index in [4.69, 9.17) is 0 Å². The minimum absolute atomic E-state index is 0. The van der Waals surface area contributed by atoms with Gasteiger partial charge in [-0.2, -0.15) is 0 Å². The van der Waals surface area contributed by atoms with Crippen LogP contribution >= 0.6 is 0 Å². The standard InChI is InChI=1S/C5H7O2.CH3.Y/c1-5(7)3-2-4-6;;/h2-3H2,1H3;1H3;/q2*-1;. The average molecular weight is 203 g/mol. The number of carbonyl (C=O) groups is 1. The minimum Gasteiger partial charge on any atom is -0.542 e. The Balaban J connectivity index is -0.000000180. The van der Waals surface area contributed by atoms with Crippen molar-refractivity contribution in [1.82, 2.24) is 0 Å². The van der Waals surface area contributed by atoms with Crippen molar-refractivity contribution in [3.05, 3.63) is 7.43 Å². The molecule has 3 heteroatoms. The first-order valence-electron chi connectivity index (χ1n) is 2.12. The Labute approximate surface area is 81.3 Å². The fraction of sp³-hybridized carbons (Fsp3) is 0.500. The van der Waals surface area contributed by atoms with Crippen molar-refractivity contribution < 1.29 is 42.3 Å². The van der Waals surface area contributed by atoms with Crippen LogP contribution in [0.3, 0.4) is 0 Å². The van der Waals surface area contributed by atoms with Crippen molar-refractivity contribution in [3.63, 3.8) is 0 Å². The quantitative estimate of drug-likeness (QED) is 0.639. The summed E-state index contributed by atoms with van der Waals surface area (Å²) in [7, 11) is 0. The third-order valence-corrected chi connectivity index (χ3v) is 0.579. The van der Waals surface area contributed by atoms with Gasteiger partial charge in [0.1, 0.15) is 5.78 Å². The van der Waals surface area contributed by atoms with E-state index in [-0.39, 0.29) is 52.3 Å². The van der Waals surface area contributed by atoms with Gasteiger partial charge in [0.05, 0.1) is 0 Å². The summed E-state index contributed by atoms with van der Waals surface area (Å²) in [6.45, 7) is 1.46. The van der Waals surface area contributed by atoms with Crippen molar-refractivity contribution in [2.75, 3.05) is 0 Å². The maximum Gasteiger partial charge on any atom is 0.127 e. The van der Waals surface area contributed by atoms with E-state index in [2.05, 4.69) is 0 Å². The Hall–Kier alpha value is 0.444. The molecule has 0 aliphatic carbocycles. The molecule has 0 aliphatic heterocycles. The Bertz CT molecular complexity index is 81.1. The van der Waals surface area contributed by atoms with Gasteiger partial charge in [0.15, 0.2) is 0 Å². The molecule has 0 aromatic heterocycles. The number of Topliss-reactive ketones (excluding diaryl/α,β-unsaturated/α-hetero) is 1. The fourth-order valence-electron chi connectivity index (χ4n) is 0.227. The van der Waals surface area contributed by atoms with Crippen LogP contribution in [0.1, 0.15) is 19.8 Å². The Kier molecular flexibility index (Phi) is 20.3. The van der Waals surface area contributed by atoms with Crippen LogP contribution in [0, 0.1) is 7.43 Å². The predicted molar refractivity (Wildman–Crippen MR) is 32.0 cm³/mol. The number of hydrogen-bond acceptors (Lipinski definition) is 2. The molecule has 0 atom stereocenters. The summed E-state index contributed by atoms with van der Waals surface area (Å²) in [5.74, 6) is 0.0448. The largest absolute Gasteiger partial charge is 0.542 e. The van der Waals surface area contributed by atoms with Gasteiger partial charge in [0, 0.05) is 32.7 Å². The smallest absolute Gasteiger partial charge is 0.127 e. The van der Waals surface area contributed by atoms with Crippen LogP contribution in [-0.2, 0) is 42.3 Å². The van der Waals surface area contributed by atoms with Gasteiger partial charge in [-0.3, -0.25) is 6.29 Å². The molecule has 0 amide bonds. The summed E-state index contributed by atoms with van der Waals surface area (Å²) >= 11 is 0. The molecule has 0 saturated heterocycles. The second-order valence-corrected chi connectivity index (χ2v) is 1.35. The van der Waals surface area contributed by atoms with E-state index in [1.807, 2.05) is 0 Å². The van der Waals surface area contributed by atoms with Crippen molar-refractivity contribution in [2.24, 2.45) is 0 Å².